The standard InChI is InChI=1S/C12H18N4O2S/c1-9(2)7-18-8-10(17)6-16-14-12(13-15-16)11-4-3-5-19-11/h3-5,9-10,17H,6-8H2,1-2H3/t10-/m1/s1. The lowest BCUT2D eigenvalue weighted by atomic mass is 10.2. The van der Waals surface area contributed by atoms with Crippen molar-refractivity contribution in [1.29, 1.82) is 0 Å². The van der Waals surface area contributed by atoms with Gasteiger partial charge in [-0.3, -0.25) is 0 Å². The predicted molar refractivity (Wildman–Crippen MR) is 72.8 cm³/mol. The number of aliphatic hydroxyl groups excluding tert-OH is 1. The topological polar surface area (TPSA) is 73.1 Å². The number of rotatable bonds is 7. The molecule has 0 saturated carbocycles. The number of thiophene rings is 1. The third-order valence-corrected chi connectivity index (χ3v) is 3.20. The lowest BCUT2D eigenvalue weighted by molar-refractivity contribution is 0.0144. The van der Waals surface area contributed by atoms with Gasteiger partial charge in [0.2, 0.25) is 5.82 Å². The van der Waals surface area contributed by atoms with Crippen molar-refractivity contribution in [2.24, 2.45) is 5.92 Å². The van der Waals surface area contributed by atoms with Crippen LogP contribution in [-0.4, -0.2) is 44.6 Å². The Labute approximate surface area is 116 Å². The molecular formula is C12H18N4O2S. The second-order valence-electron chi connectivity index (χ2n) is 4.73. The van der Waals surface area contributed by atoms with Crippen LogP contribution in [0.5, 0.6) is 0 Å². The molecule has 0 aliphatic carbocycles. The number of hydrogen-bond acceptors (Lipinski definition) is 6. The Hall–Kier alpha value is -1.31. The first kappa shape index (κ1) is 14.1. The van der Waals surface area contributed by atoms with Gasteiger partial charge in [0, 0.05) is 6.61 Å². The zero-order chi connectivity index (χ0) is 13.7. The van der Waals surface area contributed by atoms with Crippen LogP contribution in [0.1, 0.15) is 13.8 Å². The van der Waals surface area contributed by atoms with Crippen molar-refractivity contribution >= 4 is 11.3 Å². The normalized spacial score (nSPS) is 13.1. The molecule has 0 aliphatic heterocycles. The maximum atomic E-state index is 9.80. The van der Waals surface area contributed by atoms with Crippen molar-refractivity contribution in [3.8, 4) is 10.7 Å². The molecule has 1 atom stereocenters. The van der Waals surface area contributed by atoms with E-state index in [0.29, 0.717) is 18.3 Å². The van der Waals surface area contributed by atoms with E-state index in [4.69, 9.17) is 4.74 Å². The van der Waals surface area contributed by atoms with E-state index in [0.717, 1.165) is 4.88 Å². The third kappa shape index (κ3) is 4.38. The summed E-state index contributed by atoms with van der Waals surface area (Å²) < 4.78 is 5.37. The minimum Gasteiger partial charge on any atom is -0.389 e. The SMILES string of the molecule is CC(C)COC[C@H](O)Cn1nnc(-c2cccs2)n1. The first-order valence-electron chi connectivity index (χ1n) is 6.22. The second kappa shape index (κ2) is 6.74. The van der Waals surface area contributed by atoms with Gasteiger partial charge in [-0.15, -0.1) is 21.5 Å². The van der Waals surface area contributed by atoms with Crippen molar-refractivity contribution < 1.29 is 9.84 Å². The van der Waals surface area contributed by atoms with E-state index in [1.54, 1.807) is 11.3 Å². The zero-order valence-corrected chi connectivity index (χ0v) is 11.9. The molecule has 19 heavy (non-hydrogen) atoms. The summed E-state index contributed by atoms with van der Waals surface area (Å²) in [6.07, 6.45) is -0.621. The Bertz CT molecular complexity index is 484. The Morgan fingerprint density at radius 1 is 1.42 bits per heavy atom. The van der Waals surface area contributed by atoms with Crippen LogP contribution in [0.4, 0.5) is 0 Å². The van der Waals surface area contributed by atoms with E-state index in [9.17, 15) is 5.11 Å². The second-order valence-corrected chi connectivity index (χ2v) is 5.68. The molecule has 7 heteroatoms. The molecule has 6 nitrogen and oxygen atoms in total. The molecule has 2 aromatic rings. The highest BCUT2D eigenvalue weighted by Crippen LogP contribution is 2.19. The highest BCUT2D eigenvalue weighted by molar-refractivity contribution is 7.13. The fraction of sp³-hybridized carbons (Fsp3) is 0.583. The molecule has 2 heterocycles. The Morgan fingerprint density at radius 3 is 2.95 bits per heavy atom. The molecule has 2 rings (SSSR count). The van der Waals surface area contributed by atoms with Gasteiger partial charge in [-0.25, -0.2) is 0 Å². The van der Waals surface area contributed by atoms with E-state index in [2.05, 4.69) is 29.3 Å². The van der Waals surface area contributed by atoms with Crippen molar-refractivity contribution in [3.63, 3.8) is 0 Å². The number of ether oxygens (including phenoxy) is 1. The van der Waals surface area contributed by atoms with Gasteiger partial charge in [-0.05, 0) is 22.6 Å². The smallest absolute Gasteiger partial charge is 0.214 e. The number of nitrogens with zero attached hydrogens (tertiary/aromatic N) is 4. The Morgan fingerprint density at radius 2 is 2.26 bits per heavy atom. The summed E-state index contributed by atoms with van der Waals surface area (Å²) in [5.41, 5.74) is 0. The first-order chi connectivity index (χ1) is 9.15. The van der Waals surface area contributed by atoms with E-state index in [1.165, 1.54) is 4.80 Å². The molecular weight excluding hydrogens is 264 g/mol. The van der Waals surface area contributed by atoms with Crippen LogP contribution in [0.15, 0.2) is 17.5 Å². The molecule has 104 valence electrons. The monoisotopic (exact) mass is 282 g/mol. The fourth-order valence-electron chi connectivity index (χ4n) is 1.51. The highest BCUT2D eigenvalue weighted by Gasteiger charge is 2.11. The van der Waals surface area contributed by atoms with E-state index >= 15 is 0 Å². The van der Waals surface area contributed by atoms with Gasteiger partial charge in [0.25, 0.3) is 0 Å². The largest absolute Gasteiger partial charge is 0.389 e. The van der Waals surface area contributed by atoms with E-state index in [1.807, 2.05) is 17.5 Å². The molecule has 2 aromatic heterocycles. The van der Waals surface area contributed by atoms with Gasteiger partial charge in [0.1, 0.15) is 0 Å². The molecule has 0 fully saturated rings. The van der Waals surface area contributed by atoms with Crippen LogP contribution in [0.3, 0.4) is 0 Å². The molecule has 0 bridgehead atoms. The quantitative estimate of drug-likeness (QED) is 0.831. The minimum atomic E-state index is -0.621. The Kier molecular flexibility index (Phi) is 5.00. The molecule has 0 aliphatic rings. The molecule has 0 spiro atoms. The van der Waals surface area contributed by atoms with Gasteiger partial charge in [-0.2, -0.15) is 4.80 Å². The predicted octanol–water partition coefficient (Wildman–Crippen LogP) is 1.44. The molecule has 0 saturated heterocycles. The van der Waals surface area contributed by atoms with Crippen LogP contribution < -0.4 is 0 Å². The molecule has 0 radical (unpaired) electrons. The van der Waals surface area contributed by atoms with Gasteiger partial charge in [-0.1, -0.05) is 19.9 Å². The summed E-state index contributed by atoms with van der Waals surface area (Å²) in [4.78, 5) is 2.37. The van der Waals surface area contributed by atoms with Crippen LogP contribution in [0.25, 0.3) is 10.7 Å². The van der Waals surface area contributed by atoms with Crippen LogP contribution >= 0.6 is 11.3 Å². The van der Waals surface area contributed by atoms with Gasteiger partial charge in [0.15, 0.2) is 0 Å². The maximum absolute atomic E-state index is 9.80. The fourth-order valence-corrected chi connectivity index (χ4v) is 2.15. The van der Waals surface area contributed by atoms with Crippen molar-refractivity contribution in [2.75, 3.05) is 13.2 Å². The average Bonchev–Trinajstić information content (AvgIpc) is 2.97. The number of hydrogen-bond donors (Lipinski definition) is 1. The summed E-state index contributed by atoms with van der Waals surface area (Å²) in [5, 5.41) is 23.9. The van der Waals surface area contributed by atoms with Gasteiger partial charge >= 0.3 is 0 Å². The van der Waals surface area contributed by atoms with Gasteiger partial charge < -0.3 is 9.84 Å². The van der Waals surface area contributed by atoms with Crippen molar-refractivity contribution in [3.05, 3.63) is 17.5 Å². The van der Waals surface area contributed by atoms with Gasteiger partial charge in [0.05, 0.1) is 24.1 Å². The number of aromatic nitrogens is 4. The molecule has 0 aromatic carbocycles. The minimum absolute atomic E-state index is 0.286. The molecule has 0 amide bonds. The van der Waals surface area contributed by atoms with E-state index in [-0.39, 0.29) is 13.2 Å². The molecule has 0 unspecified atom stereocenters. The first-order valence-corrected chi connectivity index (χ1v) is 7.10. The average molecular weight is 282 g/mol. The van der Waals surface area contributed by atoms with Crippen molar-refractivity contribution in [2.45, 2.75) is 26.5 Å². The number of aliphatic hydroxyl groups is 1. The Balaban J connectivity index is 1.83. The highest BCUT2D eigenvalue weighted by atomic mass is 32.1. The summed E-state index contributed by atoms with van der Waals surface area (Å²) in [6.45, 7) is 5.35. The maximum Gasteiger partial charge on any atom is 0.214 e. The zero-order valence-electron chi connectivity index (χ0n) is 11.1. The van der Waals surface area contributed by atoms with Crippen molar-refractivity contribution in [1.82, 2.24) is 20.2 Å². The number of tetrazole rings is 1. The summed E-state index contributed by atoms with van der Waals surface area (Å²) in [6, 6.07) is 3.88. The van der Waals surface area contributed by atoms with Crippen LogP contribution in [0, 0.1) is 5.92 Å². The molecule has 1 N–H and O–H groups in total. The summed E-state index contributed by atoms with van der Waals surface area (Å²) in [5.74, 6) is 1.05. The lowest BCUT2D eigenvalue weighted by Crippen LogP contribution is -2.24. The lowest BCUT2D eigenvalue weighted by Gasteiger charge is -2.11. The van der Waals surface area contributed by atoms with E-state index < -0.39 is 6.10 Å². The summed E-state index contributed by atoms with van der Waals surface area (Å²) in [7, 11) is 0. The third-order valence-electron chi connectivity index (χ3n) is 2.33. The summed E-state index contributed by atoms with van der Waals surface area (Å²) >= 11 is 1.56. The van der Waals surface area contributed by atoms with Crippen LogP contribution in [-0.2, 0) is 11.3 Å². The van der Waals surface area contributed by atoms with Crippen LogP contribution in [0.2, 0.25) is 0 Å².